The van der Waals surface area contributed by atoms with Gasteiger partial charge >= 0.3 is 0 Å². The molecule has 0 saturated heterocycles. The van der Waals surface area contributed by atoms with E-state index in [0.29, 0.717) is 12.6 Å². The first-order chi connectivity index (χ1) is 9.19. The molecule has 2 aromatic rings. The number of hydrogen-bond donors (Lipinski definition) is 1. The summed E-state index contributed by atoms with van der Waals surface area (Å²) >= 11 is 1.69. The van der Waals surface area contributed by atoms with Crippen LogP contribution in [0.25, 0.3) is 0 Å². The van der Waals surface area contributed by atoms with Crippen molar-refractivity contribution in [3.8, 4) is 5.75 Å². The van der Waals surface area contributed by atoms with Gasteiger partial charge in [-0.15, -0.1) is 11.3 Å². The Morgan fingerprint density at radius 1 is 1.32 bits per heavy atom. The van der Waals surface area contributed by atoms with E-state index in [4.69, 9.17) is 4.74 Å². The van der Waals surface area contributed by atoms with Gasteiger partial charge in [0.25, 0.3) is 0 Å². The van der Waals surface area contributed by atoms with E-state index >= 15 is 0 Å². The number of nitrogens with zero attached hydrogens (tertiary/aromatic N) is 1. The molecule has 0 aliphatic heterocycles. The molecule has 1 atom stereocenters. The molecule has 0 aliphatic rings. The van der Waals surface area contributed by atoms with Crippen LogP contribution in [0.3, 0.4) is 0 Å². The van der Waals surface area contributed by atoms with Crippen LogP contribution in [0.4, 0.5) is 0 Å². The zero-order valence-electron chi connectivity index (χ0n) is 11.6. The zero-order valence-corrected chi connectivity index (χ0v) is 12.5. The van der Waals surface area contributed by atoms with Crippen molar-refractivity contribution in [1.29, 1.82) is 0 Å². The molecule has 1 aromatic heterocycles. The van der Waals surface area contributed by atoms with Crippen molar-refractivity contribution in [3.63, 3.8) is 0 Å². The van der Waals surface area contributed by atoms with Gasteiger partial charge in [-0.3, -0.25) is 0 Å². The molecule has 0 radical (unpaired) electrons. The fourth-order valence-corrected chi connectivity index (χ4v) is 2.50. The van der Waals surface area contributed by atoms with Crippen LogP contribution < -0.4 is 10.1 Å². The molecular weight excluding hydrogens is 256 g/mol. The fourth-order valence-electron chi connectivity index (χ4n) is 1.88. The van der Waals surface area contributed by atoms with Gasteiger partial charge in [0.05, 0.1) is 17.3 Å². The lowest BCUT2D eigenvalue weighted by Gasteiger charge is -2.14. The summed E-state index contributed by atoms with van der Waals surface area (Å²) in [6, 6.07) is 8.55. The van der Waals surface area contributed by atoms with Crippen molar-refractivity contribution < 1.29 is 4.74 Å². The number of rotatable bonds is 6. The highest BCUT2D eigenvalue weighted by Crippen LogP contribution is 2.18. The normalized spacial score (nSPS) is 12.4. The molecular formula is C15H20N2OS. The minimum absolute atomic E-state index is 0.303. The van der Waals surface area contributed by atoms with Gasteiger partial charge in [-0.2, -0.15) is 0 Å². The number of hydrogen-bond acceptors (Lipinski definition) is 4. The van der Waals surface area contributed by atoms with Crippen LogP contribution in [0.5, 0.6) is 5.75 Å². The highest BCUT2D eigenvalue weighted by atomic mass is 32.1. The summed E-state index contributed by atoms with van der Waals surface area (Å²) in [5, 5.41) is 6.70. The highest BCUT2D eigenvalue weighted by molar-refractivity contribution is 7.09. The molecule has 1 N–H and O–H groups in total. The number of thiazole rings is 1. The van der Waals surface area contributed by atoms with Crippen molar-refractivity contribution in [2.45, 2.75) is 33.4 Å². The Kier molecular flexibility index (Phi) is 4.93. The summed E-state index contributed by atoms with van der Waals surface area (Å²) in [6.07, 6.45) is 0. The van der Waals surface area contributed by atoms with Crippen LogP contribution in [-0.4, -0.2) is 11.6 Å². The van der Waals surface area contributed by atoms with Crippen LogP contribution in [0.2, 0.25) is 0 Å². The molecule has 1 heterocycles. The maximum absolute atomic E-state index is 5.44. The second-order valence-electron chi connectivity index (χ2n) is 4.46. The molecule has 0 unspecified atom stereocenters. The van der Waals surface area contributed by atoms with Crippen LogP contribution in [0.15, 0.2) is 29.6 Å². The third kappa shape index (κ3) is 4.04. The van der Waals surface area contributed by atoms with Gasteiger partial charge in [-0.1, -0.05) is 12.1 Å². The monoisotopic (exact) mass is 276 g/mol. The van der Waals surface area contributed by atoms with Crippen molar-refractivity contribution >= 4 is 11.3 Å². The fraction of sp³-hybridized carbons (Fsp3) is 0.400. The average molecular weight is 276 g/mol. The SMILES string of the molecule is CCOc1ccc([C@@H](C)NCc2csc(C)n2)cc1. The Morgan fingerprint density at radius 3 is 2.63 bits per heavy atom. The van der Waals surface area contributed by atoms with E-state index in [0.717, 1.165) is 23.0 Å². The van der Waals surface area contributed by atoms with Crippen molar-refractivity contribution in [3.05, 3.63) is 45.9 Å². The lowest BCUT2D eigenvalue weighted by atomic mass is 10.1. The molecule has 19 heavy (non-hydrogen) atoms. The second-order valence-corrected chi connectivity index (χ2v) is 5.52. The lowest BCUT2D eigenvalue weighted by molar-refractivity contribution is 0.340. The van der Waals surface area contributed by atoms with Gasteiger partial charge in [-0.25, -0.2) is 4.98 Å². The first-order valence-corrected chi connectivity index (χ1v) is 7.44. The molecule has 2 rings (SSSR count). The number of benzene rings is 1. The first-order valence-electron chi connectivity index (χ1n) is 6.56. The molecule has 0 fully saturated rings. The Labute approximate surface area is 118 Å². The smallest absolute Gasteiger partial charge is 0.119 e. The van der Waals surface area contributed by atoms with E-state index < -0.39 is 0 Å². The molecule has 0 amide bonds. The Bertz CT molecular complexity index is 507. The molecule has 3 nitrogen and oxygen atoms in total. The summed E-state index contributed by atoms with van der Waals surface area (Å²) in [7, 11) is 0. The minimum atomic E-state index is 0.303. The summed E-state index contributed by atoms with van der Waals surface area (Å²) in [5.41, 5.74) is 2.37. The Hall–Kier alpha value is -1.39. The number of ether oxygens (including phenoxy) is 1. The highest BCUT2D eigenvalue weighted by Gasteiger charge is 2.06. The minimum Gasteiger partial charge on any atom is -0.494 e. The quantitative estimate of drug-likeness (QED) is 0.873. The van der Waals surface area contributed by atoms with E-state index in [-0.39, 0.29) is 0 Å². The topological polar surface area (TPSA) is 34.1 Å². The van der Waals surface area contributed by atoms with Gasteiger partial charge in [0, 0.05) is 18.0 Å². The summed E-state index contributed by atoms with van der Waals surface area (Å²) < 4.78 is 5.44. The molecule has 0 spiro atoms. The third-order valence-corrected chi connectivity index (χ3v) is 3.77. The van der Waals surface area contributed by atoms with Crippen LogP contribution in [0, 0.1) is 6.92 Å². The molecule has 1 aromatic carbocycles. The Morgan fingerprint density at radius 2 is 2.05 bits per heavy atom. The van der Waals surface area contributed by atoms with Crippen LogP contribution in [0.1, 0.15) is 36.2 Å². The lowest BCUT2D eigenvalue weighted by Crippen LogP contribution is -2.18. The first kappa shape index (κ1) is 14.0. The predicted molar refractivity (Wildman–Crippen MR) is 79.7 cm³/mol. The number of aromatic nitrogens is 1. The molecule has 0 bridgehead atoms. The van der Waals surface area contributed by atoms with E-state index in [1.54, 1.807) is 11.3 Å². The van der Waals surface area contributed by atoms with Crippen molar-refractivity contribution in [2.24, 2.45) is 0 Å². The average Bonchev–Trinajstić information content (AvgIpc) is 2.83. The number of nitrogens with one attached hydrogen (secondary N) is 1. The maximum Gasteiger partial charge on any atom is 0.119 e. The summed E-state index contributed by atoms with van der Waals surface area (Å²) in [4.78, 5) is 4.45. The van der Waals surface area contributed by atoms with Gasteiger partial charge in [0.2, 0.25) is 0 Å². The number of aryl methyl sites for hydroxylation is 1. The van der Waals surface area contributed by atoms with Gasteiger partial charge in [-0.05, 0) is 38.5 Å². The third-order valence-electron chi connectivity index (χ3n) is 2.95. The van der Waals surface area contributed by atoms with Crippen molar-refractivity contribution in [2.75, 3.05) is 6.61 Å². The van der Waals surface area contributed by atoms with Gasteiger partial charge < -0.3 is 10.1 Å². The maximum atomic E-state index is 5.44. The van der Waals surface area contributed by atoms with E-state index in [9.17, 15) is 0 Å². The van der Waals surface area contributed by atoms with E-state index in [2.05, 4.69) is 34.7 Å². The van der Waals surface area contributed by atoms with Crippen molar-refractivity contribution in [1.82, 2.24) is 10.3 Å². The Balaban J connectivity index is 1.90. The van der Waals surface area contributed by atoms with Crippen LogP contribution in [-0.2, 0) is 6.54 Å². The van der Waals surface area contributed by atoms with Gasteiger partial charge in [0.1, 0.15) is 5.75 Å². The van der Waals surface area contributed by atoms with Crippen LogP contribution >= 0.6 is 11.3 Å². The van der Waals surface area contributed by atoms with E-state index in [1.165, 1.54) is 5.56 Å². The second kappa shape index (κ2) is 6.68. The predicted octanol–water partition coefficient (Wildman–Crippen LogP) is 3.70. The van der Waals surface area contributed by atoms with Gasteiger partial charge in [0.15, 0.2) is 0 Å². The molecule has 0 aliphatic carbocycles. The van der Waals surface area contributed by atoms with E-state index in [1.807, 2.05) is 26.0 Å². The standard InChI is InChI=1S/C15H20N2OS/c1-4-18-15-7-5-13(6-8-15)11(2)16-9-14-10-19-12(3)17-14/h5-8,10-11,16H,4,9H2,1-3H3/t11-/m1/s1. The molecule has 0 saturated carbocycles. The summed E-state index contributed by atoms with van der Waals surface area (Å²) in [6.45, 7) is 7.70. The summed E-state index contributed by atoms with van der Waals surface area (Å²) in [5.74, 6) is 0.925. The molecule has 4 heteroatoms. The largest absolute Gasteiger partial charge is 0.494 e. The molecule has 102 valence electrons. The zero-order chi connectivity index (χ0) is 13.7.